The molecule has 3 rings (SSSR count). The molecule has 2 amide bonds. The van der Waals surface area contributed by atoms with Gasteiger partial charge in [0.2, 0.25) is 0 Å². The van der Waals surface area contributed by atoms with E-state index < -0.39 is 5.91 Å². The SMILES string of the molecule is CCc1cc(C(=O)NNC(=O)c2nn(C(C)C)c(=O)c3ccccc23)sc1C. The minimum Gasteiger partial charge on any atom is -0.267 e. The zero-order valence-electron chi connectivity index (χ0n) is 16.2. The summed E-state index contributed by atoms with van der Waals surface area (Å²) < 4.78 is 1.27. The summed E-state index contributed by atoms with van der Waals surface area (Å²) in [6.07, 6.45) is 0.842. The Morgan fingerprint density at radius 2 is 1.79 bits per heavy atom. The van der Waals surface area contributed by atoms with E-state index in [1.165, 1.54) is 16.0 Å². The maximum absolute atomic E-state index is 12.7. The Kier molecular flexibility index (Phi) is 5.60. The van der Waals surface area contributed by atoms with Crippen molar-refractivity contribution in [1.29, 1.82) is 0 Å². The highest BCUT2D eigenvalue weighted by molar-refractivity contribution is 7.14. The van der Waals surface area contributed by atoms with E-state index in [4.69, 9.17) is 0 Å². The van der Waals surface area contributed by atoms with E-state index in [0.717, 1.165) is 16.9 Å². The Morgan fingerprint density at radius 3 is 2.39 bits per heavy atom. The molecule has 2 aromatic heterocycles. The summed E-state index contributed by atoms with van der Waals surface area (Å²) in [6.45, 7) is 7.62. The molecule has 0 atom stereocenters. The number of benzene rings is 1. The predicted molar refractivity (Wildman–Crippen MR) is 110 cm³/mol. The Balaban J connectivity index is 1.88. The number of carbonyl (C=O) groups is 2. The van der Waals surface area contributed by atoms with Crippen molar-refractivity contribution in [2.24, 2.45) is 0 Å². The van der Waals surface area contributed by atoms with Crippen LogP contribution >= 0.6 is 11.3 Å². The lowest BCUT2D eigenvalue weighted by Crippen LogP contribution is -2.42. The summed E-state index contributed by atoms with van der Waals surface area (Å²) in [7, 11) is 0. The highest BCUT2D eigenvalue weighted by Crippen LogP contribution is 2.21. The average molecular weight is 398 g/mol. The first kappa shape index (κ1) is 19.8. The van der Waals surface area contributed by atoms with Gasteiger partial charge < -0.3 is 0 Å². The van der Waals surface area contributed by atoms with Crippen LogP contribution in [-0.4, -0.2) is 21.6 Å². The van der Waals surface area contributed by atoms with Crippen LogP contribution in [0.2, 0.25) is 0 Å². The second-order valence-corrected chi connectivity index (χ2v) is 7.95. The standard InChI is InChI=1S/C20H22N4O3S/c1-5-13-10-16(28-12(13)4)18(25)21-22-19(26)17-14-8-6-7-9-15(14)20(27)24(23-17)11(2)3/h6-11H,5H2,1-4H3,(H,21,25)(H,22,26). The average Bonchev–Trinajstić information content (AvgIpc) is 3.07. The highest BCUT2D eigenvalue weighted by atomic mass is 32.1. The van der Waals surface area contributed by atoms with Crippen LogP contribution in [0.1, 0.15) is 57.4 Å². The van der Waals surface area contributed by atoms with Gasteiger partial charge in [0.25, 0.3) is 17.4 Å². The Bertz CT molecular complexity index is 1110. The van der Waals surface area contributed by atoms with Gasteiger partial charge in [-0.2, -0.15) is 5.10 Å². The topological polar surface area (TPSA) is 93.1 Å². The van der Waals surface area contributed by atoms with E-state index in [2.05, 4.69) is 16.0 Å². The maximum atomic E-state index is 12.7. The monoisotopic (exact) mass is 398 g/mol. The Hall–Kier alpha value is -3.00. The van der Waals surface area contributed by atoms with Gasteiger partial charge >= 0.3 is 0 Å². The third-order valence-electron chi connectivity index (χ3n) is 4.45. The number of thiophene rings is 1. The van der Waals surface area contributed by atoms with Crippen LogP contribution in [0.15, 0.2) is 35.1 Å². The number of nitrogens with one attached hydrogen (secondary N) is 2. The van der Waals surface area contributed by atoms with Crippen LogP contribution in [0.25, 0.3) is 10.8 Å². The number of amides is 2. The van der Waals surface area contributed by atoms with Gasteiger partial charge in [-0.1, -0.05) is 25.1 Å². The first-order valence-electron chi connectivity index (χ1n) is 9.05. The lowest BCUT2D eigenvalue weighted by Gasteiger charge is -2.13. The van der Waals surface area contributed by atoms with Crippen molar-refractivity contribution >= 4 is 33.9 Å². The molecule has 28 heavy (non-hydrogen) atoms. The molecule has 0 saturated carbocycles. The minimum absolute atomic E-state index is 0.0841. The summed E-state index contributed by atoms with van der Waals surface area (Å²) in [5, 5.41) is 5.07. The second kappa shape index (κ2) is 7.93. The summed E-state index contributed by atoms with van der Waals surface area (Å²) in [5.74, 6) is -0.967. The molecule has 7 nitrogen and oxygen atoms in total. The van der Waals surface area contributed by atoms with Crippen molar-refractivity contribution in [1.82, 2.24) is 20.6 Å². The number of carbonyl (C=O) groups excluding carboxylic acids is 2. The molecule has 2 N–H and O–H groups in total. The largest absolute Gasteiger partial charge is 0.290 e. The van der Waals surface area contributed by atoms with Gasteiger partial charge in [-0.05, 0) is 44.9 Å². The summed E-state index contributed by atoms with van der Waals surface area (Å²) in [5.41, 5.74) is 5.78. The van der Waals surface area contributed by atoms with Crippen molar-refractivity contribution in [3.8, 4) is 0 Å². The molecule has 3 aromatic rings. The molecule has 0 spiro atoms. The third kappa shape index (κ3) is 3.68. The van der Waals surface area contributed by atoms with E-state index >= 15 is 0 Å². The van der Waals surface area contributed by atoms with Crippen molar-refractivity contribution in [3.05, 3.63) is 61.7 Å². The molecule has 0 fully saturated rings. The van der Waals surface area contributed by atoms with E-state index in [-0.39, 0.29) is 23.2 Å². The van der Waals surface area contributed by atoms with Gasteiger partial charge in [0.05, 0.1) is 16.3 Å². The van der Waals surface area contributed by atoms with Crippen molar-refractivity contribution in [3.63, 3.8) is 0 Å². The van der Waals surface area contributed by atoms with Crippen LogP contribution in [-0.2, 0) is 6.42 Å². The van der Waals surface area contributed by atoms with Gasteiger partial charge in [0.15, 0.2) is 5.69 Å². The van der Waals surface area contributed by atoms with Gasteiger partial charge in [0.1, 0.15) is 0 Å². The molecule has 0 aliphatic rings. The third-order valence-corrected chi connectivity index (χ3v) is 5.54. The molecule has 0 aliphatic carbocycles. The van der Waals surface area contributed by atoms with E-state index in [1.54, 1.807) is 24.3 Å². The molecule has 2 heterocycles. The molecule has 0 saturated heterocycles. The minimum atomic E-state index is -0.581. The number of aromatic nitrogens is 2. The summed E-state index contributed by atoms with van der Waals surface area (Å²) in [6, 6.07) is 8.42. The van der Waals surface area contributed by atoms with Gasteiger partial charge in [-0.3, -0.25) is 25.2 Å². The Labute approximate surface area is 166 Å². The quantitative estimate of drug-likeness (QED) is 0.661. The van der Waals surface area contributed by atoms with Crippen LogP contribution in [0.5, 0.6) is 0 Å². The number of hydrazine groups is 1. The molecule has 8 heteroatoms. The second-order valence-electron chi connectivity index (χ2n) is 6.69. The lowest BCUT2D eigenvalue weighted by atomic mass is 10.1. The molecule has 0 unspecified atom stereocenters. The molecule has 146 valence electrons. The number of nitrogens with zero attached hydrogens (tertiary/aromatic N) is 2. The zero-order valence-corrected chi connectivity index (χ0v) is 17.0. The molecular weight excluding hydrogens is 376 g/mol. The first-order chi connectivity index (χ1) is 13.3. The summed E-state index contributed by atoms with van der Waals surface area (Å²) >= 11 is 1.38. The molecular formula is C20H22N4O3S. The van der Waals surface area contributed by atoms with Crippen LogP contribution < -0.4 is 16.4 Å². The van der Waals surface area contributed by atoms with Crippen LogP contribution in [0, 0.1) is 6.92 Å². The van der Waals surface area contributed by atoms with E-state index in [1.807, 2.05) is 33.8 Å². The number of fused-ring (bicyclic) bond motifs is 1. The fraction of sp³-hybridized carbons (Fsp3) is 0.300. The zero-order chi connectivity index (χ0) is 20.4. The van der Waals surface area contributed by atoms with Crippen LogP contribution in [0.3, 0.4) is 0 Å². The predicted octanol–water partition coefficient (Wildman–Crippen LogP) is 2.98. The fourth-order valence-electron chi connectivity index (χ4n) is 2.94. The summed E-state index contributed by atoms with van der Waals surface area (Å²) in [4.78, 5) is 39.2. The Morgan fingerprint density at radius 1 is 1.14 bits per heavy atom. The fourth-order valence-corrected chi connectivity index (χ4v) is 3.95. The molecule has 0 bridgehead atoms. The van der Waals surface area contributed by atoms with Crippen LogP contribution in [0.4, 0.5) is 0 Å². The van der Waals surface area contributed by atoms with E-state index in [0.29, 0.717) is 15.6 Å². The lowest BCUT2D eigenvalue weighted by molar-refractivity contribution is 0.0845. The first-order valence-corrected chi connectivity index (χ1v) is 9.86. The van der Waals surface area contributed by atoms with Crippen molar-refractivity contribution in [2.75, 3.05) is 0 Å². The number of hydrogen-bond acceptors (Lipinski definition) is 5. The van der Waals surface area contributed by atoms with Gasteiger partial charge in [0, 0.05) is 10.3 Å². The van der Waals surface area contributed by atoms with Crippen molar-refractivity contribution in [2.45, 2.75) is 40.2 Å². The van der Waals surface area contributed by atoms with E-state index in [9.17, 15) is 14.4 Å². The maximum Gasteiger partial charge on any atom is 0.290 e. The number of aryl methyl sites for hydroxylation is 2. The van der Waals surface area contributed by atoms with Gasteiger partial charge in [-0.25, -0.2) is 4.68 Å². The van der Waals surface area contributed by atoms with Gasteiger partial charge in [-0.15, -0.1) is 11.3 Å². The van der Waals surface area contributed by atoms with Crippen molar-refractivity contribution < 1.29 is 9.59 Å². The highest BCUT2D eigenvalue weighted by Gasteiger charge is 2.19. The normalized spacial score (nSPS) is 11.0. The number of rotatable bonds is 4. The molecule has 0 aliphatic heterocycles. The molecule has 1 aromatic carbocycles. The number of hydrogen-bond donors (Lipinski definition) is 2. The molecule has 0 radical (unpaired) electrons. The smallest absolute Gasteiger partial charge is 0.267 e.